The Labute approximate surface area is 123 Å². The fraction of sp³-hybridized carbons (Fsp3) is 0. The van der Waals surface area contributed by atoms with Gasteiger partial charge in [-0.3, -0.25) is 10.1 Å². The molecule has 0 atom stereocenters. The number of rotatable bonds is 4. The molecular weight excluding hydrogens is 294 g/mol. The first kappa shape index (κ1) is 14.5. The molecule has 0 aliphatic heterocycles. The van der Waals surface area contributed by atoms with Crippen LogP contribution >= 0.6 is 11.3 Å². The number of carbonyl (C=O) groups is 3. The number of nitrogens with two attached hydrogens (primary N) is 1. The van der Waals surface area contributed by atoms with E-state index in [4.69, 9.17) is 10.8 Å². The van der Waals surface area contributed by atoms with Crippen LogP contribution in [0.2, 0.25) is 0 Å². The zero-order valence-electron chi connectivity index (χ0n) is 10.6. The van der Waals surface area contributed by atoms with Crippen molar-refractivity contribution in [2.24, 2.45) is 5.73 Å². The quantitative estimate of drug-likeness (QED) is 0.691. The second-order valence-corrected chi connectivity index (χ2v) is 4.91. The van der Waals surface area contributed by atoms with E-state index in [1.54, 1.807) is 5.38 Å². The highest BCUT2D eigenvalue weighted by Gasteiger charge is 2.13. The Morgan fingerprint density at radius 3 is 2.29 bits per heavy atom. The van der Waals surface area contributed by atoms with Crippen LogP contribution in [-0.4, -0.2) is 23.0 Å². The van der Waals surface area contributed by atoms with Gasteiger partial charge in [-0.15, -0.1) is 11.3 Å². The van der Waals surface area contributed by atoms with Crippen molar-refractivity contribution in [3.8, 4) is 0 Å². The smallest absolute Gasteiger partial charge is 0.338 e. The molecule has 0 bridgehead atoms. The molecule has 108 valence electrons. The molecule has 2 aromatic rings. The van der Waals surface area contributed by atoms with Gasteiger partial charge in [-0.1, -0.05) is 0 Å². The van der Waals surface area contributed by atoms with E-state index in [0.717, 1.165) is 11.3 Å². The van der Waals surface area contributed by atoms with Crippen molar-refractivity contribution < 1.29 is 19.5 Å². The second-order valence-electron chi connectivity index (χ2n) is 3.99. The molecule has 0 spiro atoms. The molecule has 7 nitrogen and oxygen atoms in total. The number of hydrogen-bond donors (Lipinski definition) is 4. The van der Waals surface area contributed by atoms with Gasteiger partial charge in [0.15, 0.2) is 0 Å². The number of thiophene rings is 1. The molecule has 2 rings (SSSR count). The molecule has 0 unspecified atom stereocenters. The normalized spacial score (nSPS) is 9.90. The topological polar surface area (TPSA) is 122 Å². The van der Waals surface area contributed by atoms with Crippen LogP contribution in [0, 0.1) is 0 Å². The Morgan fingerprint density at radius 2 is 1.71 bits per heavy atom. The number of aromatic carboxylic acids is 1. The Kier molecular flexibility index (Phi) is 4.19. The summed E-state index contributed by atoms with van der Waals surface area (Å²) in [5, 5.41) is 15.7. The van der Waals surface area contributed by atoms with Crippen LogP contribution in [0.25, 0.3) is 0 Å². The predicted molar refractivity (Wildman–Crippen MR) is 78.9 cm³/mol. The number of benzene rings is 1. The number of amides is 3. The summed E-state index contributed by atoms with van der Waals surface area (Å²) < 4.78 is 0. The lowest BCUT2D eigenvalue weighted by molar-refractivity contribution is 0.0698. The van der Waals surface area contributed by atoms with Crippen molar-refractivity contribution >= 4 is 39.9 Å². The molecule has 0 fully saturated rings. The minimum atomic E-state index is -1.11. The Balaban J connectivity index is 2.03. The highest BCUT2D eigenvalue weighted by molar-refractivity contribution is 7.14. The van der Waals surface area contributed by atoms with E-state index >= 15 is 0 Å². The molecule has 0 aliphatic carbocycles. The van der Waals surface area contributed by atoms with Gasteiger partial charge in [0.2, 0.25) is 5.91 Å². The highest BCUT2D eigenvalue weighted by atomic mass is 32.1. The average Bonchev–Trinajstić information content (AvgIpc) is 2.87. The average molecular weight is 305 g/mol. The lowest BCUT2D eigenvalue weighted by atomic mass is 10.2. The van der Waals surface area contributed by atoms with Gasteiger partial charge in [0, 0.05) is 11.3 Å². The first-order chi connectivity index (χ1) is 9.97. The van der Waals surface area contributed by atoms with Gasteiger partial charge in [-0.2, -0.15) is 0 Å². The summed E-state index contributed by atoms with van der Waals surface area (Å²) in [6.45, 7) is 0. The summed E-state index contributed by atoms with van der Waals surface area (Å²) in [5.41, 5.74) is 5.91. The summed E-state index contributed by atoms with van der Waals surface area (Å²) in [6, 6.07) is 6.83. The van der Waals surface area contributed by atoms with Crippen LogP contribution in [0.15, 0.2) is 35.7 Å². The molecule has 1 aromatic carbocycles. The maximum absolute atomic E-state index is 11.8. The third-order valence-electron chi connectivity index (χ3n) is 2.55. The van der Waals surface area contributed by atoms with Gasteiger partial charge in [-0.25, -0.2) is 9.59 Å². The number of nitrogens with one attached hydrogen (secondary N) is 2. The van der Waals surface area contributed by atoms with Gasteiger partial charge < -0.3 is 16.2 Å². The van der Waals surface area contributed by atoms with Crippen LogP contribution in [0.3, 0.4) is 0 Å². The number of carboxylic acids is 1. The lowest BCUT2D eigenvalue weighted by Gasteiger charge is -2.07. The number of primary amides is 1. The minimum Gasteiger partial charge on any atom is -0.478 e. The second kappa shape index (κ2) is 6.06. The molecule has 0 saturated heterocycles. The number of anilines is 2. The van der Waals surface area contributed by atoms with Crippen LogP contribution in [-0.2, 0) is 0 Å². The fourth-order valence-corrected chi connectivity index (χ4v) is 2.33. The van der Waals surface area contributed by atoms with E-state index < -0.39 is 17.9 Å². The van der Waals surface area contributed by atoms with Gasteiger partial charge in [-0.05, 0) is 35.7 Å². The van der Waals surface area contributed by atoms with Crippen LogP contribution in [0.1, 0.15) is 20.7 Å². The van der Waals surface area contributed by atoms with E-state index in [2.05, 4.69) is 10.6 Å². The van der Waals surface area contributed by atoms with Gasteiger partial charge in [0.05, 0.1) is 5.56 Å². The zero-order valence-corrected chi connectivity index (χ0v) is 11.4. The largest absolute Gasteiger partial charge is 0.478 e. The summed E-state index contributed by atoms with van der Waals surface area (Å²) in [4.78, 5) is 33.6. The van der Waals surface area contributed by atoms with E-state index in [9.17, 15) is 14.4 Å². The minimum absolute atomic E-state index is 0.0271. The molecule has 0 saturated carbocycles. The highest BCUT2D eigenvalue weighted by Crippen LogP contribution is 2.23. The van der Waals surface area contributed by atoms with E-state index in [1.807, 2.05) is 0 Å². The van der Waals surface area contributed by atoms with Crippen molar-refractivity contribution in [1.82, 2.24) is 0 Å². The summed E-state index contributed by atoms with van der Waals surface area (Å²) in [7, 11) is 0. The maximum atomic E-state index is 11.8. The van der Waals surface area contributed by atoms with Crippen molar-refractivity contribution in [3.05, 3.63) is 46.8 Å². The molecule has 1 aromatic heterocycles. The van der Waals surface area contributed by atoms with E-state index in [1.165, 1.54) is 30.3 Å². The molecule has 8 heteroatoms. The van der Waals surface area contributed by atoms with Crippen LogP contribution in [0.4, 0.5) is 15.5 Å². The predicted octanol–water partition coefficient (Wildman–Crippen LogP) is 2.19. The molecule has 21 heavy (non-hydrogen) atoms. The monoisotopic (exact) mass is 305 g/mol. The first-order valence-electron chi connectivity index (χ1n) is 5.76. The molecule has 3 amide bonds. The van der Waals surface area contributed by atoms with Gasteiger partial charge in [0.1, 0.15) is 5.00 Å². The summed E-state index contributed by atoms with van der Waals surface area (Å²) in [5.74, 6) is -1.67. The number of carboxylic acid groups (broad SMARTS) is 1. The van der Waals surface area contributed by atoms with E-state index in [-0.39, 0.29) is 10.6 Å². The van der Waals surface area contributed by atoms with Crippen molar-refractivity contribution in [2.75, 3.05) is 10.6 Å². The third kappa shape index (κ3) is 3.57. The van der Waals surface area contributed by atoms with Crippen molar-refractivity contribution in [1.29, 1.82) is 0 Å². The Morgan fingerprint density at radius 1 is 1.05 bits per heavy atom. The zero-order chi connectivity index (χ0) is 15.4. The fourth-order valence-electron chi connectivity index (χ4n) is 1.56. The van der Waals surface area contributed by atoms with Gasteiger partial charge >= 0.3 is 12.0 Å². The number of urea groups is 1. The van der Waals surface area contributed by atoms with Crippen LogP contribution in [0.5, 0.6) is 0 Å². The molecule has 1 heterocycles. The standard InChI is InChI=1S/C13H11N3O4S/c14-10(17)7-1-3-8(4-2-7)15-13(20)16-11-9(12(18)19)5-6-21-11/h1-6H,(H2,14,17)(H,18,19)(H2,15,16,20). The van der Waals surface area contributed by atoms with Crippen LogP contribution < -0.4 is 16.4 Å². The molecule has 5 N–H and O–H groups in total. The SMILES string of the molecule is NC(=O)c1ccc(NC(=O)Nc2sccc2C(=O)O)cc1. The number of carbonyl (C=O) groups excluding carboxylic acids is 2. The Hall–Kier alpha value is -2.87. The van der Waals surface area contributed by atoms with Gasteiger partial charge in [0.25, 0.3) is 0 Å². The Bertz CT molecular complexity index is 694. The summed E-state index contributed by atoms with van der Waals surface area (Å²) >= 11 is 1.11. The molecule has 0 aliphatic rings. The first-order valence-corrected chi connectivity index (χ1v) is 6.64. The van der Waals surface area contributed by atoms with E-state index in [0.29, 0.717) is 11.3 Å². The third-order valence-corrected chi connectivity index (χ3v) is 3.38. The van der Waals surface area contributed by atoms with Crippen molar-refractivity contribution in [2.45, 2.75) is 0 Å². The molecular formula is C13H11N3O4S. The van der Waals surface area contributed by atoms with Crippen molar-refractivity contribution in [3.63, 3.8) is 0 Å². The number of hydrogen-bond acceptors (Lipinski definition) is 4. The lowest BCUT2D eigenvalue weighted by Crippen LogP contribution is -2.20. The maximum Gasteiger partial charge on any atom is 0.338 e. The molecule has 0 radical (unpaired) electrons. The summed E-state index contributed by atoms with van der Waals surface area (Å²) in [6.07, 6.45) is 0.